The van der Waals surface area contributed by atoms with Crippen LogP contribution < -0.4 is 5.32 Å². The van der Waals surface area contributed by atoms with Crippen LogP contribution in [0.25, 0.3) is 11.3 Å². The minimum absolute atomic E-state index is 0.188. The summed E-state index contributed by atoms with van der Waals surface area (Å²) in [5.41, 5.74) is 3.11. The van der Waals surface area contributed by atoms with Crippen molar-refractivity contribution in [2.75, 3.05) is 12.4 Å². The summed E-state index contributed by atoms with van der Waals surface area (Å²) in [6.07, 6.45) is 2.31. The van der Waals surface area contributed by atoms with Gasteiger partial charge in [-0.2, -0.15) is 0 Å². The van der Waals surface area contributed by atoms with Crippen molar-refractivity contribution in [1.82, 2.24) is 15.1 Å². The number of nitrogens with one attached hydrogen (secondary N) is 2. The highest BCUT2D eigenvalue weighted by atomic mass is 35.5. The van der Waals surface area contributed by atoms with E-state index >= 15 is 0 Å². The third kappa shape index (κ3) is 3.94. The normalized spacial score (nSPS) is 10.7. The lowest BCUT2D eigenvalue weighted by Crippen LogP contribution is -2.12. The molecule has 0 unspecified atom stereocenters. The number of thiazole rings is 1. The van der Waals surface area contributed by atoms with Gasteiger partial charge in [-0.1, -0.05) is 5.16 Å². The molecule has 136 valence electrons. The fourth-order valence-corrected chi connectivity index (χ4v) is 3.30. The first-order chi connectivity index (χ1) is 12.5. The van der Waals surface area contributed by atoms with Gasteiger partial charge in [0.15, 0.2) is 5.13 Å². The molecule has 0 fully saturated rings. The molecule has 3 rings (SSSR count). The van der Waals surface area contributed by atoms with Crippen molar-refractivity contribution in [1.29, 1.82) is 0 Å². The van der Waals surface area contributed by atoms with Gasteiger partial charge >= 0.3 is 5.97 Å². The van der Waals surface area contributed by atoms with E-state index in [9.17, 15) is 9.59 Å². The van der Waals surface area contributed by atoms with Gasteiger partial charge in [0.05, 0.1) is 18.5 Å². The van der Waals surface area contributed by atoms with Crippen molar-refractivity contribution in [3.8, 4) is 11.3 Å². The van der Waals surface area contributed by atoms with Crippen LogP contribution >= 0.6 is 22.9 Å². The molecule has 0 radical (unpaired) electrons. The number of aryl methyl sites for hydroxylation is 1. The van der Waals surface area contributed by atoms with Crippen molar-refractivity contribution in [2.24, 2.45) is 0 Å². The Kier molecular flexibility index (Phi) is 5.38. The van der Waals surface area contributed by atoms with E-state index in [1.165, 1.54) is 18.4 Å². The third-order valence-electron chi connectivity index (χ3n) is 3.67. The summed E-state index contributed by atoms with van der Waals surface area (Å²) in [6.45, 7) is 1.77. The molecule has 3 aromatic rings. The van der Waals surface area contributed by atoms with Crippen LogP contribution in [0.5, 0.6) is 0 Å². The lowest BCUT2D eigenvalue weighted by Gasteiger charge is -2.01. The Bertz CT molecular complexity index is 926. The smallest absolute Gasteiger partial charge is 0.354 e. The molecule has 0 aromatic carbocycles. The molecule has 0 atom stereocenters. The number of nitrogens with zero attached hydrogens (tertiary/aromatic N) is 2. The molecule has 2 N–H and O–H groups in total. The lowest BCUT2D eigenvalue weighted by atomic mass is 10.1. The Morgan fingerprint density at radius 1 is 1.46 bits per heavy atom. The number of aromatic nitrogens is 3. The first-order valence-electron chi connectivity index (χ1n) is 7.61. The van der Waals surface area contributed by atoms with Gasteiger partial charge in [-0.15, -0.1) is 11.3 Å². The third-order valence-corrected chi connectivity index (χ3v) is 4.73. The van der Waals surface area contributed by atoms with Crippen LogP contribution in [0.2, 0.25) is 5.22 Å². The van der Waals surface area contributed by atoms with Crippen LogP contribution in [0.1, 0.15) is 28.2 Å². The largest absolute Gasteiger partial charge is 0.464 e. The molecular weight excluding hydrogens is 380 g/mol. The predicted molar refractivity (Wildman–Crippen MR) is 96.4 cm³/mol. The van der Waals surface area contributed by atoms with E-state index < -0.39 is 5.97 Å². The topological polar surface area (TPSA) is 110 Å². The quantitative estimate of drug-likeness (QED) is 0.619. The fourth-order valence-electron chi connectivity index (χ4n) is 2.29. The van der Waals surface area contributed by atoms with Gasteiger partial charge in [-0.3, -0.25) is 4.79 Å². The standard InChI is InChI=1S/C16H15ClN4O4S/c1-8-10(14(17)25-21-8)3-4-13(22)20-16-19-12(7-26-16)9-5-11(18-6-9)15(23)24-2/h5-7,18H,3-4H2,1-2H3,(H,19,20,22). The van der Waals surface area contributed by atoms with Crippen LogP contribution in [0, 0.1) is 6.92 Å². The van der Waals surface area contributed by atoms with Crippen molar-refractivity contribution in [3.05, 3.63) is 39.8 Å². The van der Waals surface area contributed by atoms with Crippen molar-refractivity contribution in [3.63, 3.8) is 0 Å². The number of halogens is 1. The lowest BCUT2D eigenvalue weighted by molar-refractivity contribution is -0.116. The summed E-state index contributed by atoms with van der Waals surface area (Å²) in [7, 11) is 1.31. The summed E-state index contributed by atoms with van der Waals surface area (Å²) in [6, 6.07) is 1.64. The van der Waals surface area contributed by atoms with Crippen LogP contribution in [0.15, 0.2) is 22.2 Å². The van der Waals surface area contributed by atoms with Crippen molar-refractivity contribution in [2.45, 2.75) is 19.8 Å². The maximum absolute atomic E-state index is 12.1. The zero-order valence-electron chi connectivity index (χ0n) is 14.0. The Hall–Kier alpha value is -2.65. The number of methoxy groups -OCH3 is 1. The summed E-state index contributed by atoms with van der Waals surface area (Å²) in [4.78, 5) is 30.8. The molecule has 0 aliphatic carbocycles. The van der Waals surface area contributed by atoms with E-state index in [1.54, 1.807) is 24.6 Å². The number of carbonyl (C=O) groups is 2. The first kappa shape index (κ1) is 18.2. The van der Waals surface area contributed by atoms with Gasteiger partial charge < -0.3 is 19.6 Å². The van der Waals surface area contributed by atoms with Gasteiger partial charge in [0.25, 0.3) is 0 Å². The molecule has 3 heterocycles. The number of hydrogen-bond acceptors (Lipinski definition) is 7. The molecule has 0 spiro atoms. The molecule has 0 saturated carbocycles. The zero-order chi connectivity index (χ0) is 18.7. The molecule has 0 bridgehead atoms. The average Bonchev–Trinajstić information content (AvgIpc) is 3.34. The molecule has 0 saturated heterocycles. The number of esters is 1. The van der Waals surface area contributed by atoms with E-state index in [1.807, 2.05) is 0 Å². The Morgan fingerprint density at radius 3 is 2.96 bits per heavy atom. The molecule has 0 aliphatic heterocycles. The summed E-state index contributed by atoms with van der Waals surface area (Å²) >= 11 is 7.18. The molecule has 26 heavy (non-hydrogen) atoms. The number of hydrogen-bond donors (Lipinski definition) is 2. The van der Waals surface area contributed by atoms with Crippen LogP contribution in [0.3, 0.4) is 0 Å². The number of amides is 1. The number of aromatic amines is 1. The second-order valence-electron chi connectivity index (χ2n) is 5.40. The maximum Gasteiger partial charge on any atom is 0.354 e. The van der Waals surface area contributed by atoms with Gasteiger partial charge in [-0.05, 0) is 31.0 Å². The van der Waals surface area contributed by atoms with Gasteiger partial charge in [0, 0.05) is 29.1 Å². The fraction of sp³-hybridized carbons (Fsp3) is 0.250. The number of ether oxygens (including phenoxy) is 1. The number of anilines is 1. The van der Waals surface area contributed by atoms with Gasteiger partial charge in [0.2, 0.25) is 11.1 Å². The summed E-state index contributed by atoms with van der Waals surface area (Å²) in [5.74, 6) is -0.644. The van der Waals surface area contributed by atoms with E-state index in [0.29, 0.717) is 28.6 Å². The molecule has 1 amide bonds. The summed E-state index contributed by atoms with van der Waals surface area (Å²) < 4.78 is 9.51. The van der Waals surface area contributed by atoms with Gasteiger partial charge in [-0.25, -0.2) is 9.78 Å². The van der Waals surface area contributed by atoms with Crippen LogP contribution in [-0.2, 0) is 16.0 Å². The minimum atomic E-state index is -0.456. The number of carbonyl (C=O) groups excluding carboxylic acids is 2. The number of H-pyrrole nitrogens is 1. The molecule has 3 aromatic heterocycles. The highest BCUT2D eigenvalue weighted by molar-refractivity contribution is 7.14. The predicted octanol–water partition coefficient (Wildman–Crippen LogP) is 3.45. The molecule has 8 nitrogen and oxygen atoms in total. The van der Waals surface area contributed by atoms with E-state index in [4.69, 9.17) is 16.1 Å². The monoisotopic (exact) mass is 394 g/mol. The van der Waals surface area contributed by atoms with Crippen LogP contribution in [-0.4, -0.2) is 34.1 Å². The molecule has 10 heteroatoms. The van der Waals surface area contributed by atoms with Crippen molar-refractivity contribution >= 4 is 39.9 Å². The highest BCUT2D eigenvalue weighted by Gasteiger charge is 2.15. The van der Waals surface area contributed by atoms with Crippen molar-refractivity contribution < 1.29 is 18.8 Å². The Balaban J connectivity index is 1.60. The van der Waals surface area contributed by atoms with E-state index in [-0.39, 0.29) is 17.5 Å². The maximum atomic E-state index is 12.1. The SMILES string of the molecule is COC(=O)c1cc(-c2csc(NC(=O)CCc3c(C)noc3Cl)n2)c[nH]1. The second-order valence-corrected chi connectivity index (χ2v) is 6.60. The van der Waals surface area contributed by atoms with Gasteiger partial charge in [0.1, 0.15) is 5.69 Å². The van der Waals surface area contributed by atoms with Crippen LogP contribution in [0.4, 0.5) is 5.13 Å². The highest BCUT2D eigenvalue weighted by Crippen LogP contribution is 2.26. The zero-order valence-corrected chi connectivity index (χ0v) is 15.5. The van der Waals surface area contributed by atoms with E-state index in [2.05, 4.69) is 25.2 Å². The first-order valence-corrected chi connectivity index (χ1v) is 8.87. The Morgan fingerprint density at radius 2 is 2.27 bits per heavy atom. The van der Waals surface area contributed by atoms with E-state index in [0.717, 1.165) is 11.1 Å². The molecule has 0 aliphatic rings. The Labute approximate surface area is 157 Å². The molecular formula is C16H15ClN4O4S. The second kappa shape index (κ2) is 7.71. The minimum Gasteiger partial charge on any atom is -0.464 e. The average molecular weight is 395 g/mol. The summed E-state index contributed by atoms with van der Waals surface area (Å²) in [5, 5.41) is 8.97. The number of rotatable bonds is 6.